The normalized spacial score (nSPS) is 11.1. The highest BCUT2D eigenvalue weighted by atomic mass is 15.0. The van der Waals surface area contributed by atoms with Crippen LogP contribution in [-0.2, 0) is 0 Å². The number of hydrogen-bond acceptors (Lipinski definition) is 1. The predicted molar refractivity (Wildman–Crippen MR) is 74.8 cm³/mol. The highest BCUT2D eigenvalue weighted by Crippen LogP contribution is 2.25. The number of rotatable bonds is 1. The first-order valence-electron chi connectivity index (χ1n) is 6.18. The van der Waals surface area contributed by atoms with Gasteiger partial charge in [0.1, 0.15) is 5.65 Å². The van der Waals surface area contributed by atoms with E-state index in [4.69, 9.17) is 4.98 Å². The molecule has 18 heavy (non-hydrogen) atoms. The largest absolute Gasteiger partial charge is 0.304 e. The lowest BCUT2D eigenvalue weighted by Crippen LogP contribution is -1.87. The maximum atomic E-state index is 4.72. The van der Waals surface area contributed by atoms with Gasteiger partial charge in [-0.25, -0.2) is 4.98 Å². The van der Waals surface area contributed by atoms with Crippen LogP contribution in [0.15, 0.2) is 42.6 Å². The lowest BCUT2D eigenvalue weighted by Gasteiger charge is -2.04. The number of benzene rings is 1. The van der Waals surface area contributed by atoms with Crippen molar-refractivity contribution in [3.63, 3.8) is 0 Å². The van der Waals surface area contributed by atoms with E-state index in [9.17, 15) is 0 Å². The van der Waals surface area contributed by atoms with Crippen molar-refractivity contribution in [1.29, 1.82) is 0 Å². The first-order chi connectivity index (χ1) is 8.66. The molecule has 0 radical (unpaired) electrons. The Balaban J connectivity index is 2.25. The zero-order chi connectivity index (χ0) is 12.7. The Hall–Kier alpha value is -2.09. The van der Waals surface area contributed by atoms with Crippen molar-refractivity contribution < 1.29 is 0 Å². The van der Waals surface area contributed by atoms with Gasteiger partial charge in [-0.2, -0.15) is 0 Å². The highest BCUT2D eigenvalue weighted by molar-refractivity contribution is 5.67. The zero-order valence-electron chi connectivity index (χ0n) is 10.9. The molecule has 0 saturated carbocycles. The molecule has 0 fully saturated rings. The number of fused-ring (bicyclic) bond motifs is 1. The summed E-state index contributed by atoms with van der Waals surface area (Å²) in [7, 11) is 0. The maximum Gasteiger partial charge on any atom is 0.137 e. The Morgan fingerprint density at radius 3 is 2.50 bits per heavy atom. The molecule has 0 bridgehead atoms. The van der Waals surface area contributed by atoms with E-state index in [0.717, 1.165) is 11.3 Å². The van der Waals surface area contributed by atoms with Crippen LogP contribution in [0, 0.1) is 20.8 Å². The van der Waals surface area contributed by atoms with E-state index in [1.807, 2.05) is 18.2 Å². The molecule has 90 valence electrons. The van der Waals surface area contributed by atoms with Gasteiger partial charge in [-0.3, -0.25) is 0 Å². The maximum absolute atomic E-state index is 4.72. The molecule has 0 spiro atoms. The molecule has 0 unspecified atom stereocenters. The van der Waals surface area contributed by atoms with Crippen molar-refractivity contribution in [3.8, 4) is 11.3 Å². The first kappa shape index (κ1) is 11.0. The van der Waals surface area contributed by atoms with Gasteiger partial charge in [-0.1, -0.05) is 18.2 Å². The topological polar surface area (TPSA) is 17.3 Å². The molecule has 0 aliphatic heterocycles. The molecule has 0 aliphatic carbocycles. The summed E-state index contributed by atoms with van der Waals surface area (Å²) in [4.78, 5) is 4.72. The van der Waals surface area contributed by atoms with Crippen molar-refractivity contribution in [2.75, 3.05) is 0 Å². The van der Waals surface area contributed by atoms with Gasteiger partial charge >= 0.3 is 0 Å². The molecule has 0 atom stereocenters. The summed E-state index contributed by atoms with van der Waals surface area (Å²) in [6.07, 6.45) is 2.06. The van der Waals surface area contributed by atoms with Gasteiger partial charge in [0, 0.05) is 17.5 Å². The van der Waals surface area contributed by atoms with Crippen LogP contribution in [0.25, 0.3) is 16.9 Å². The van der Waals surface area contributed by atoms with Crippen LogP contribution in [0.1, 0.15) is 16.8 Å². The van der Waals surface area contributed by atoms with Crippen LogP contribution in [-0.4, -0.2) is 9.38 Å². The molecule has 2 aromatic heterocycles. The number of hydrogen-bond donors (Lipinski definition) is 0. The lowest BCUT2D eigenvalue weighted by molar-refractivity contribution is 1.11. The first-order valence-corrected chi connectivity index (χ1v) is 6.18. The minimum Gasteiger partial charge on any atom is -0.304 e. The van der Waals surface area contributed by atoms with Gasteiger partial charge in [0.2, 0.25) is 0 Å². The van der Waals surface area contributed by atoms with E-state index in [0.29, 0.717) is 0 Å². The van der Waals surface area contributed by atoms with Gasteiger partial charge in [0.25, 0.3) is 0 Å². The summed E-state index contributed by atoms with van der Waals surface area (Å²) in [5.74, 6) is 0. The summed E-state index contributed by atoms with van der Waals surface area (Å²) in [6, 6.07) is 12.6. The third kappa shape index (κ3) is 1.61. The number of nitrogens with zero attached hydrogens (tertiary/aromatic N) is 2. The molecule has 0 aliphatic rings. The molecule has 0 N–H and O–H groups in total. The quantitative estimate of drug-likeness (QED) is 0.626. The van der Waals surface area contributed by atoms with Crippen molar-refractivity contribution >= 4 is 5.65 Å². The second kappa shape index (κ2) is 3.98. The fraction of sp³-hybridized carbons (Fsp3) is 0.188. The number of aromatic nitrogens is 2. The molecule has 2 heterocycles. The Bertz CT molecular complexity index is 723. The summed E-state index contributed by atoms with van der Waals surface area (Å²) >= 11 is 0. The average Bonchev–Trinajstić information content (AvgIpc) is 2.71. The molecule has 0 saturated heterocycles. The van der Waals surface area contributed by atoms with E-state index in [1.54, 1.807) is 0 Å². The predicted octanol–water partition coefficient (Wildman–Crippen LogP) is 3.93. The Morgan fingerprint density at radius 1 is 0.944 bits per heavy atom. The fourth-order valence-corrected chi connectivity index (χ4v) is 2.28. The summed E-state index contributed by atoms with van der Waals surface area (Å²) in [5.41, 5.74) is 7.09. The van der Waals surface area contributed by atoms with E-state index >= 15 is 0 Å². The summed E-state index contributed by atoms with van der Waals surface area (Å²) in [6.45, 7) is 6.39. The molecule has 1 aromatic carbocycles. The molecular formula is C16H16N2. The molecular weight excluding hydrogens is 220 g/mol. The molecule has 3 aromatic rings. The van der Waals surface area contributed by atoms with Gasteiger partial charge in [0.05, 0.1) is 5.69 Å². The van der Waals surface area contributed by atoms with Crippen LogP contribution in [0.3, 0.4) is 0 Å². The molecule has 0 amide bonds. The smallest absolute Gasteiger partial charge is 0.137 e. The number of imidazole rings is 1. The van der Waals surface area contributed by atoms with Crippen molar-refractivity contribution in [3.05, 3.63) is 59.4 Å². The number of pyridine rings is 1. The fourth-order valence-electron chi connectivity index (χ4n) is 2.28. The lowest BCUT2D eigenvalue weighted by atomic mass is 10.0. The van der Waals surface area contributed by atoms with Crippen LogP contribution in [0.2, 0.25) is 0 Å². The average molecular weight is 236 g/mol. The Kier molecular flexibility index (Phi) is 2.44. The molecule has 3 rings (SSSR count). The van der Waals surface area contributed by atoms with Crippen molar-refractivity contribution in [2.45, 2.75) is 20.8 Å². The van der Waals surface area contributed by atoms with Gasteiger partial charge < -0.3 is 4.40 Å². The van der Waals surface area contributed by atoms with Crippen molar-refractivity contribution in [1.82, 2.24) is 9.38 Å². The van der Waals surface area contributed by atoms with Gasteiger partial charge in [0.15, 0.2) is 0 Å². The Morgan fingerprint density at radius 2 is 1.78 bits per heavy atom. The van der Waals surface area contributed by atoms with Crippen LogP contribution in [0.4, 0.5) is 0 Å². The van der Waals surface area contributed by atoms with Crippen LogP contribution < -0.4 is 0 Å². The number of aryl methyl sites for hydroxylation is 3. The highest BCUT2D eigenvalue weighted by Gasteiger charge is 2.10. The van der Waals surface area contributed by atoms with Gasteiger partial charge in [-0.15, -0.1) is 0 Å². The zero-order valence-corrected chi connectivity index (χ0v) is 10.9. The second-order valence-electron chi connectivity index (χ2n) is 4.77. The van der Waals surface area contributed by atoms with Crippen LogP contribution in [0.5, 0.6) is 0 Å². The molecule has 2 nitrogen and oxygen atoms in total. The van der Waals surface area contributed by atoms with Gasteiger partial charge in [-0.05, 0) is 50.1 Å². The van der Waals surface area contributed by atoms with E-state index in [1.165, 1.54) is 22.4 Å². The Labute approximate surface area is 107 Å². The SMILES string of the molecule is Cc1ccc(-c2nc3ccccn3c2C)cc1C. The van der Waals surface area contributed by atoms with Crippen molar-refractivity contribution in [2.24, 2.45) is 0 Å². The third-order valence-corrected chi connectivity index (χ3v) is 3.55. The standard InChI is InChI=1S/C16H16N2/c1-11-7-8-14(10-12(11)2)16-13(3)18-9-5-4-6-15(18)17-16/h4-10H,1-3H3. The minimum atomic E-state index is 1.00. The van der Waals surface area contributed by atoms with Crippen LogP contribution >= 0.6 is 0 Å². The minimum absolute atomic E-state index is 1.00. The van der Waals surface area contributed by atoms with E-state index < -0.39 is 0 Å². The monoisotopic (exact) mass is 236 g/mol. The summed E-state index contributed by atoms with van der Waals surface area (Å²) < 4.78 is 2.13. The summed E-state index contributed by atoms with van der Waals surface area (Å²) in [5, 5.41) is 0. The third-order valence-electron chi connectivity index (χ3n) is 3.55. The van der Waals surface area contributed by atoms with E-state index in [-0.39, 0.29) is 0 Å². The molecule has 2 heteroatoms. The second-order valence-corrected chi connectivity index (χ2v) is 4.77. The van der Waals surface area contributed by atoms with E-state index in [2.05, 4.69) is 49.6 Å².